The minimum Gasteiger partial charge on any atom is -0.497 e. The first kappa shape index (κ1) is 18.3. The van der Waals surface area contributed by atoms with Gasteiger partial charge in [-0.25, -0.2) is 0 Å². The number of hydrogen-bond acceptors (Lipinski definition) is 7. The molecule has 0 saturated carbocycles. The number of rotatable bonds is 7. The molecule has 0 radical (unpaired) electrons. The van der Waals surface area contributed by atoms with E-state index in [1.807, 2.05) is 36.5 Å². The van der Waals surface area contributed by atoms with Gasteiger partial charge in [-0.2, -0.15) is 0 Å². The first-order valence-corrected chi connectivity index (χ1v) is 9.83. The molecule has 0 aliphatic carbocycles. The minimum atomic E-state index is -0.0346. The second kappa shape index (κ2) is 8.33. The monoisotopic (exact) mass is 391 g/mol. The maximum atomic E-state index is 6.27. The third-order valence-corrected chi connectivity index (χ3v) is 5.39. The molecule has 28 heavy (non-hydrogen) atoms. The van der Waals surface area contributed by atoms with Gasteiger partial charge in [-0.3, -0.25) is 4.98 Å². The third-order valence-electron chi connectivity index (χ3n) is 4.46. The number of benzene rings is 2. The molecule has 2 aromatic carbocycles. The highest BCUT2D eigenvalue weighted by atomic mass is 32.1. The van der Waals surface area contributed by atoms with Crippen molar-refractivity contribution in [2.45, 2.75) is 12.5 Å². The number of aromatic nitrogens is 3. The van der Waals surface area contributed by atoms with Crippen molar-refractivity contribution in [2.75, 3.05) is 19.0 Å². The SMILES string of the molecule is COc1cccc(CC(N)CNc2nnc(-c3ccc4cnccc4c3)s2)c1. The number of pyridine rings is 1. The molecule has 142 valence electrons. The number of hydrogen-bond donors (Lipinski definition) is 2. The molecule has 0 amide bonds. The second-order valence-electron chi connectivity index (χ2n) is 6.55. The fourth-order valence-electron chi connectivity index (χ4n) is 3.02. The zero-order valence-electron chi connectivity index (χ0n) is 15.5. The fourth-order valence-corrected chi connectivity index (χ4v) is 3.77. The smallest absolute Gasteiger partial charge is 0.206 e. The van der Waals surface area contributed by atoms with E-state index in [4.69, 9.17) is 10.5 Å². The van der Waals surface area contributed by atoms with Crippen LogP contribution in [0.15, 0.2) is 60.9 Å². The predicted octanol–water partition coefficient (Wildman–Crippen LogP) is 3.74. The number of methoxy groups -OCH3 is 1. The van der Waals surface area contributed by atoms with Crippen molar-refractivity contribution in [1.82, 2.24) is 15.2 Å². The summed E-state index contributed by atoms with van der Waals surface area (Å²) in [6.45, 7) is 0.620. The number of anilines is 1. The van der Waals surface area contributed by atoms with Gasteiger partial charge in [-0.1, -0.05) is 35.6 Å². The Morgan fingerprint density at radius 1 is 1.11 bits per heavy atom. The molecule has 4 aromatic rings. The summed E-state index contributed by atoms with van der Waals surface area (Å²) < 4.78 is 5.26. The lowest BCUT2D eigenvalue weighted by Crippen LogP contribution is -2.31. The van der Waals surface area contributed by atoms with Crippen LogP contribution in [-0.2, 0) is 6.42 Å². The van der Waals surface area contributed by atoms with Crippen LogP contribution in [0.3, 0.4) is 0 Å². The number of nitrogens with one attached hydrogen (secondary N) is 1. The zero-order chi connectivity index (χ0) is 19.3. The van der Waals surface area contributed by atoms with Gasteiger partial charge >= 0.3 is 0 Å². The Morgan fingerprint density at radius 2 is 2.04 bits per heavy atom. The maximum Gasteiger partial charge on any atom is 0.206 e. The summed E-state index contributed by atoms with van der Waals surface area (Å²) in [6, 6.07) is 16.1. The number of ether oxygens (including phenoxy) is 1. The van der Waals surface area contributed by atoms with Crippen LogP contribution >= 0.6 is 11.3 Å². The number of nitrogens with two attached hydrogens (primary N) is 1. The Morgan fingerprint density at radius 3 is 2.93 bits per heavy atom. The van der Waals surface area contributed by atoms with Gasteiger partial charge in [0.25, 0.3) is 0 Å². The van der Waals surface area contributed by atoms with Crippen LogP contribution in [0, 0.1) is 0 Å². The van der Waals surface area contributed by atoms with Crippen molar-refractivity contribution in [1.29, 1.82) is 0 Å². The molecule has 0 aliphatic heterocycles. The molecule has 0 fully saturated rings. The molecule has 2 heterocycles. The maximum absolute atomic E-state index is 6.27. The lowest BCUT2D eigenvalue weighted by molar-refractivity contribution is 0.414. The van der Waals surface area contributed by atoms with E-state index in [9.17, 15) is 0 Å². The van der Waals surface area contributed by atoms with Gasteiger partial charge in [0.15, 0.2) is 0 Å². The average Bonchev–Trinajstić information content (AvgIpc) is 3.21. The van der Waals surface area contributed by atoms with Crippen molar-refractivity contribution in [2.24, 2.45) is 5.73 Å². The van der Waals surface area contributed by atoms with Crippen LogP contribution < -0.4 is 15.8 Å². The van der Waals surface area contributed by atoms with Crippen molar-refractivity contribution < 1.29 is 4.74 Å². The number of fused-ring (bicyclic) bond motifs is 1. The predicted molar refractivity (Wildman–Crippen MR) is 114 cm³/mol. The van der Waals surface area contributed by atoms with E-state index in [0.717, 1.165) is 44.2 Å². The summed E-state index contributed by atoms with van der Waals surface area (Å²) in [6.07, 6.45) is 4.41. The lowest BCUT2D eigenvalue weighted by atomic mass is 10.1. The molecule has 3 N–H and O–H groups in total. The van der Waals surface area contributed by atoms with Crippen LogP contribution in [0.4, 0.5) is 5.13 Å². The third kappa shape index (κ3) is 4.27. The fraction of sp³-hybridized carbons (Fsp3) is 0.190. The van der Waals surface area contributed by atoms with Gasteiger partial charge in [0.05, 0.1) is 7.11 Å². The van der Waals surface area contributed by atoms with Gasteiger partial charge < -0.3 is 15.8 Å². The van der Waals surface area contributed by atoms with Gasteiger partial charge in [-0.05, 0) is 41.6 Å². The number of nitrogens with zero attached hydrogens (tertiary/aromatic N) is 3. The molecule has 1 unspecified atom stereocenters. The van der Waals surface area contributed by atoms with Gasteiger partial charge in [-0.15, -0.1) is 10.2 Å². The summed E-state index contributed by atoms with van der Waals surface area (Å²) in [5.74, 6) is 0.845. The molecule has 0 bridgehead atoms. The van der Waals surface area contributed by atoms with Crippen molar-refractivity contribution in [3.8, 4) is 16.3 Å². The second-order valence-corrected chi connectivity index (χ2v) is 7.52. The highest BCUT2D eigenvalue weighted by Crippen LogP contribution is 2.28. The van der Waals surface area contributed by atoms with Crippen molar-refractivity contribution >= 4 is 27.2 Å². The summed E-state index contributed by atoms with van der Waals surface area (Å²) in [5.41, 5.74) is 8.47. The van der Waals surface area contributed by atoms with E-state index in [0.29, 0.717) is 6.54 Å². The molecule has 2 aromatic heterocycles. The van der Waals surface area contributed by atoms with Gasteiger partial charge in [0.2, 0.25) is 5.13 Å². The van der Waals surface area contributed by atoms with E-state index in [1.165, 1.54) is 11.3 Å². The van der Waals surface area contributed by atoms with Crippen LogP contribution in [0.1, 0.15) is 5.56 Å². The Kier molecular flexibility index (Phi) is 5.45. The molecule has 6 nitrogen and oxygen atoms in total. The summed E-state index contributed by atoms with van der Waals surface area (Å²) in [7, 11) is 1.67. The van der Waals surface area contributed by atoms with Gasteiger partial charge in [0.1, 0.15) is 10.8 Å². The van der Waals surface area contributed by atoms with E-state index in [-0.39, 0.29) is 6.04 Å². The summed E-state index contributed by atoms with van der Waals surface area (Å²) in [4.78, 5) is 4.15. The average molecular weight is 392 g/mol. The first-order valence-electron chi connectivity index (χ1n) is 9.01. The standard InChI is InChI=1S/C21H21N5OS/c1-27-19-4-2-3-14(10-19)9-18(22)13-24-21-26-25-20(28-21)16-5-6-17-12-23-8-7-15(17)11-16/h2-8,10-12,18H,9,13,22H2,1H3,(H,24,26). The van der Waals surface area contributed by atoms with Crippen LogP contribution in [0.25, 0.3) is 21.3 Å². The Bertz CT molecular complexity index is 1080. The highest BCUT2D eigenvalue weighted by molar-refractivity contribution is 7.18. The quantitative estimate of drug-likeness (QED) is 0.499. The Balaban J connectivity index is 1.38. The van der Waals surface area contributed by atoms with Crippen molar-refractivity contribution in [3.63, 3.8) is 0 Å². The molecular formula is C21H21N5OS. The zero-order valence-corrected chi connectivity index (χ0v) is 16.3. The molecule has 0 aliphatic rings. The summed E-state index contributed by atoms with van der Waals surface area (Å²) >= 11 is 1.52. The Labute approximate surface area is 167 Å². The van der Waals surface area contributed by atoms with Gasteiger partial charge in [0, 0.05) is 35.9 Å². The summed E-state index contributed by atoms with van der Waals surface area (Å²) in [5, 5.41) is 15.8. The van der Waals surface area contributed by atoms with E-state index < -0.39 is 0 Å². The largest absolute Gasteiger partial charge is 0.497 e. The molecule has 0 spiro atoms. The highest BCUT2D eigenvalue weighted by Gasteiger charge is 2.10. The molecular weight excluding hydrogens is 370 g/mol. The molecule has 4 rings (SSSR count). The normalized spacial score (nSPS) is 12.1. The Hall–Kier alpha value is -3.03. The lowest BCUT2D eigenvalue weighted by Gasteiger charge is -2.12. The molecule has 1 atom stereocenters. The van der Waals surface area contributed by atoms with Crippen LogP contribution in [0.2, 0.25) is 0 Å². The first-order chi connectivity index (χ1) is 13.7. The minimum absolute atomic E-state index is 0.0346. The van der Waals surface area contributed by atoms with Crippen molar-refractivity contribution in [3.05, 3.63) is 66.5 Å². The van der Waals surface area contributed by atoms with E-state index in [2.05, 4.69) is 38.7 Å². The van der Waals surface area contributed by atoms with E-state index >= 15 is 0 Å². The van der Waals surface area contributed by atoms with Crippen LogP contribution in [0.5, 0.6) is 5.75 Å². The molecule has 0 saturated heterocycles. The van der Waals surface area contributed by atoms with E-state index in [1.54, 1.807) is 13.3 Å². The van der Waals surface area contributed by atoms with Crippen LogP contribution in [-0.4, -0.2) is 34.9 Å². The topological polar surface area (TPSA) is 86.0 Å². The molecule has 7 heteroatoms.